The van der Waals surface area contributed by atoms with Crippen molar-refractivity contribution in [2.45, 2.75) is 18.6 Å². The second-order valence-electron chi connectivity index (χ2n) is 5.83. The van der Waals surface area contributed by atoms with E-state index in [1.54, 1.807) is 0 Å². The highest BCUT2D eigenvalue weighted by Gasteiger charge is 2.36. The maximum absolute atomic E-state index is 13.5. The van der Waals surface area contributed by atoms with Gasteiger partial charge in [-0.25, -0.2) is 8.78 Å². The Morgan fingerprint density at radius 2 is 1.96 bits per heavy atom. The molecule has 0 spiro atoms. The number of nitrogens with two attached hydrogens (primary N) is 1. The van der Waals surface area contributed by atoms with Crippen LogP contribution in [0.4, 0.5) is 8.78 Å². The quantitative estimate of drug-likeness (QED) is 0.877. The number of aromatic nitrogens is 1. The van der Waals surface area contributed by atoms with Crippen LogP contribution in [-0.4, -0.2) is 39.5 Å². The van der Waals surface area contributed by atoms with E-state index in [9.17, 15) is 23.5 Å². The number of benzene rings is 1. The van der Waals surface area contributed by atoms with Crippen LogP contribution >= 0.6 is 0 Å². The van der Waals surface area contributed by atoms with E-state index in [4.69, 9.17) is 5.73 Å². The number of aliphatic hydroxyl groups is 1. The third-order valence-corrected chi connectivity index (χ3v) is 4.13. The molecule has 1 aliphatic heterocycles. The van der Waals surface area contributed by atoms with E-state index >= 15 is 0 Å². The van der Waals surface area contributed by atoms with E-state index in [1.807, 2.05) is 0 Å². The average molecular weight is 347 g/mol. The zero-order valence-corrected chi connectivity index (χ0v) is 13.0. The molecule has 130 valence electrons. The van der Waals surface area contributed by atoms with Crippen molar-refractivity contribution in [3.05, 3.63) is 65.0 Å². The molecule has 3 N–H and O–H groups in total. The molecule has 0 saturated carbocycles. The normalized spacial score (nSPS) is 19.9. The summed E-state index contributed by atoms with van der Waals surface area (Å²) in [5.74, 6) is -3.14. The van der Waals surface area contributed by atoms with Gasteiger partial charge in [0.2, 0.25) is 0 Å². The first-order chi connectivity index (χ1) is 11.9. The summed E-state index contributed by atoms with van der Waals surface area (Å²) in [5.41, 5.74) is 5.73. The topological polar surface area (TPSA) is 96.5 Å². The molecule has 1 aliphatic rings. The number of hydrogen-bond donors (Lipinski definition) is 2. The summed E-state index contributed by atoms with van der Waals surface area (Å²) >= 11 is 0. The van der Waals surface area contributed by atoms with Gasteiger partial charge in [-0.1, -0.05) is 6.07 Å². The van der Waals surface area contributed by atoms with Crippen molar-refractivity contribution >= 4 is 11.8 Å². The molecule has 0 bridgehead atoms. The van der Waals surface area contributed by atoms with Crippen molar-refractivity contribution in [2.75, 3.05) is 6.54 Å². The molecule has 2 amide bonds. The van der Waals surface area contributed by atoms with Crippen molar-refractivity contribution < 1.29 is 23.5 Å². The largest absolute Gasteiger partial charge is 0.391 e. The number of rotatable bonds is 3. The van der Waals surface area contributed by atoms with Gasteiger partial charge in [0, 0.05) is 12.7 Å². The van der Waals surface area contributed by atoms with E-state index in [0.29, 0.717) is 5.56 Å². The first kappa shape index (κ1) is 17.0. The predicted octanol–water partition coefficient (Wildman–Crippen LogP) is 1.41. The molecule has 0 radical (unpaired) electrons. The summed E-state index contributed by atoms with van der Waals surface area (Å²) in [4.78, 5) is 28.9. The van der Waals surface area contributed by atoms with Crippen LogP contribution in [0.1, 0.15) is 38.9 Å². The lowest BCUT2D eigenvalue weighted by molar-refractivity contribution is 0.0714. The first-order valence-electron chi connectivity index (χ1n) is 7.56. The third kappa shape index (κ3) is 3.34. The number of aliphatic hydroxyl groups excluding tert-OH is 1. The summed E-state index contributed by atoms with van der Waals surface area (Å²) in [6, 6.07) is 5.54. The molecule has 6 nitrogen and oxygen atoms in total. The van der Waals surface area contributed by atoms with Crippen LogP contribution in [0.5, 0.6) is 0 Å². The van der Waals surface area contributed by atoms with Crippen LogP contribution in [0.15, 0.2) is 36.5 Å². The number of β-amino-alcohol motifs (C(OH)–C–C–N with tert-alkyl or cyclic N) is 1. The van der Waals surface area contributed by atoms with Gasteiger partial charge in [-0.05, 0) is 36.2 Å². The number of pyridine rings is 1. The fraction of sp³-hybridized carbons (Fsp3) is 0.235. The van der Waals surface area contributed by atoms with Gasteiger partial charge in [-0.2, -0.15) is 0 Å². The first-order valence-corrected chi connectivity index (χ1v) is 7.56. The Labute approximate surface area is 141 Å². The van der Waals surface area contributed by atoms with E-state index < -0.39 is 35.6 Å². The van der Waals surface area contributed by atoms with Gasteiger partial charge in [-0.3, -0.25) is 14.6 Å². The minimum Gasteiger partial charge on any atom is -0.391 e. The van der Waals surface area contributed by atoms with E-state index in [1.165, 1.54) is 29.3 Å². The Hall–Kier alpha value is -2.87. The number of amides is 2. The Balaban J connectivity index is 1.89. The van der Waals surface area contributed by atoms with Crippen molar-refractivity contribution in [1.82, 2.24) is 9.88 Å². The Morgan fingerprint density at radius 1 is 1.20 bits per heavy atom. The van der Waals surface area contributed by atoms with Gasteiger partial charge in [0.25, 0.3) is 11.8 Å². The molecule has 1 aromatic carbocycles. The highest BCUT2D eigenvalue weighted by atomic mass is 19.2. The van der Waals surface area contributed by atoms with Gasteiger partial charge in [0.1, 0.15) is 5.69 Å². The van der Waals surface area contributed by atoms with Crippen LogP contribution in [-0.2, 0) is 0 Å². The Morgan fingerprint density at radius 3 is 2.56 bits per heavy atom. The minimum absolute atomic E-state index is 0.0233. The van der Waals surface area contributed by atoms with E-state index in [2.05, 4.69) is 4.98 Å². The average Bonchev–Trinajstić information content (AvgIpc) is 2.98. The second kappa shape index (κ2) is 6.56. The van der Waals surface area contributed by atoms with Crippen LogP contribution in [0.3, 0.4) is 0 Å². The second-order valence-corrected chi connectivity index (χ2v) is 5.83. The molecule has 1 saturated heterocycles. The maximum atomic E-state index is 13.5. The fourth-order valence-corrected chi connectivity index (χ4v) is 2.91. The van der Waals surface area contributed by atoms with E-state index in [0.717, 1.165) is 12.1 Å². The molecular formula is C17H15F2N3O3. The van der Waals surface area contributed by atoms with Crippen LogP contribution in [0, 0.1) is 11.6 Å². The number of primary amides is 1. The fourth-order valence-electron chi connectivity index (χ4n) is 2.91. The standard InChI is InChI=1S/C17H15F2N3O3/c18-12-3-1-9(5-13(12)19)15-6-11(23)8-22(15)17(25)10-2-4-14(16(20)24)21-7-10/h1-5,7,11,15,23H,6,8H2,(H2,20,24)/t11-,15+/m1/s1. The number of carbonyl (C=O) groups excluding carboxylic acids is 2. The smallest absolute Gasteiger partial charge is 0.267 e. The summed E-state index contributed by atoms with van der Waals surface area (Å²) in [6.45, 7) is 0.0556. The van der Waals surface area contributed by atoms with Gasteiger partial charge in [0.15, 0.2) is 11.6 Å². The van der Waals surface area contributed by atoms with Gasteiger partial charge in [0.05, 0.1) is 17.7 Å². The molecule has 0 unspecified atom stereocenters. The summed E-state index contributed by atoms with van der Waals surface area (Å²) in [7, 11) is 0. The molecule has 3 rings (SSSR count). The molecule has 2 atom stereocenters. The molecular weight excluding hydrogens is 332 g/mol. The summed E-state index contributed by atoms with van der Waals surface area (Å²) < 4.78 is 26.6. The van der Waals surface area contributed by atoms with Crippen molar-refractivity contribution in [3.63, 3.8) is 0 Å². The number of likely N-dealkylation sites (tertiary alicyclic amines) is 1. The lowest BCUT2D eigenvalue weighted by Crippen LogP contribution is -2.32. The molecule has 2 heterocycles. The zero-order chi connectivity index (χ0) is 18.1. The molecule has 1 fully saturated rings. The molecule has 8 heteroatoms. The van der Waals surface area contributed by atoms with Crippen LogP contribution in [0.2, 0.25) is 0 Å². The summed E-state index contributed by atoms with van der Waals surface area (Å²) in [5, 5.41) is 9.93. The van der Waals surface area contributed by atoms with Crippen LogP contribution < -0.4 is 5.73 Å². The highest BCUT2D eigenvalue weighted by Crippen LogP contribution is 2.34. The Kier molecular flexibility index (Phi) is 4.45. The SMILES string of the molecule is NC(=O)c1ccc(C(=O)N2C[C@H](O)C[C@H]2c2ccc(F)c(F)c2)cn1. The van der Waals surface area contributed by atoms with Gasteiger partial charge in [-0.15, -0.1) is 0 Å². The molecule has 2 aromatic rings. The number of halogens is 2. The zero-order valence-electron chi connectivity index (χ0n) is 13.0. The van der Waals surface area contributed by atoms with Crippen molar-refractivity contribution in [3.8, 4) is 0 Å². The van der Waals surface area contributed by atoms with Gasteiger partial charge >= 0.3 is 0 Å². The van der Waals surface area contributed by atoms with Crippen LogP contribution in [0.25, 0.3) is 0 Å². The van der Waals surface area contributed by atoms with Crippen molar-refractivity contribution in [2.24, 2.45) is 5.73 Å². The highest BCUT2D eigenvalue weighted by molar-refractivity contribution is 5.96. The minimum atomic E-state index is -1.02. The Bertz CT molecular complexity index is 826. The monoisotopic (exact) mass is 347 g/mol. The number of nitrogens with zero attached hydrogens (tertiary/aromatic N) is 2. The maximum Gasteiger partial charge on any atom is 0.267 e. The van der Waals surface area contributed by atoms with Crippen molar-refractivity contribution in [1.29, 1.82) is 0 Å². The number of hydrogen-bond acceptors (Lipinski definition) is 4. The van der Waals surface area contributed by atoms with E-state index in [-0.39, 0.29) is 24.2 Å². The molecule has 1 aromatic heterocycles. The predicted molar refractivity (Wildman–Crippen MR) is 83.5 cm³/mol. The molecule has 25 heavy (non-hydrogen) atoms. The lowest BCUT2D eigenvalue weighted by Gasteiger charge is -2.25. The third-order valence-electron chi connectivity index (χ3n) is 4.13. The number of carbonyl (C=O) groups is 2. The lowest BCUT2D eigenvalue weighted by atomic mass is 10.0. The van der Waals surface area contributed by atoms with Gasteiger partial charge < -0.3 is 15.7 Å². The molecule has 0 aliphatic carbocycles. The summed E-state index contributed by atoms with van der Waals surface area (Å²) in [6.07, 6.45) is 0.652.